The summed E-state index contributed by atoms with van der Waals surface area (Å²) in [6, 6.07) is 9.37. The van der Waals surface area contributed by atoms with Crippen LogP contribution in [-0.4, -0.2) is 16.6 Å². The Kier molecular flexibility index (Phi) is 5.03. The number of pyridine rings is 1. The van der Waals surface area contributed by atoms with E-state index in [1.54, 1.807) is 12.3 Å². The Balaban J connectivity index is 1.92. The molecule has 1 heterocycles. The van der Waals surface area contributed by atoms with Crippen LogP contribution in [0, 0.1) is 6.92 Å². The number of halogens is 1. The van der Waals surface area contributed by atoms with Gasteiger partial charge in [-0.3, -0.25) is 4.79 Å². The van der Waals surface area contributed by atoms with E-state index in [1.165, 1.54) is 11.8 Å². The van der Waals surface area contributed by atoms with Gasteiger partial charge >= 0.3 is 0 Å². The summed E-state index contributed by atoms with van der Waals surface area (Å²) in [5, 5.41) is 2.74. The highest BCUT2D eigenvalue weighted by Gasteiger charge is 2.07. The summed E-state index contributed by atoms with van der Waals surface area (Å²) in [6.45, 7) is 1.95. The number of aromatic nitrogens is 1. The van der Waals surface area contributed by atoms with E-state index in [9.17, 15) is 4.79 Å². The molecule has 0 aliphatic rings. The van der Waals surface area contributed by atoms with Gasteiger partial charge in [0.1, 0.15) is 5.82 Å². The van der Waals surface area contributed by atoms with E-state index >= 15 is 0 Å². The van der Waals surface area contributed by atoms with Crippen LogP contribution in [-0.2, 0) is 4.79 Å². The third-order valence-electron chi connectivity index (χ3n) is 2.64. The topological polar surface area (TPSA) is 68.0 Å². The summed E-state index contributed by atoms with van der Waals surface area (Å²) in [5.74, 6) is 0.729. The second-order valence-electron chi connectivity index (χ2n) is 4.19. The molecular formula is C14H14BrN3OS. The van der Waals surface area contributed by atoms with E-state index in [-0.39, 0.29) is 5.91 Å². The second-order valence-corrected chi connectivity index (χ2v) is 6.12. The fourth-order valence-corrected chi connectivity index (χ4v) is 2.64. The predicted molar refractivity (Wildman–Crippen MR) is 86.9 cm³/mol. The van der Waals surface area contributed by atoms with Gasteiger partial charge in [-0.2, -0.15) is 0 Å². The number of thioether (sulfide) groups is 1. The number of nitrogens with one attached hydrogen (secondary N) is 1. The number of anilines is 2. The summed E-state index contributed by atoms with van der Waals surface area (Å²) >= 11 is 4.71. The molecule has 20 heavy (non-hydrogen) atoms. The molecule has 0 bridgehead atoms. The van der Waals surface area contributed by atoms with Crippen molar-refractivity contribution in [2.75, 3.05) is 16.8 Å². The number of amides is 1. The third kappa shape index (κ3) is 3.98. The maximum atomic E-state index is 11.8. The van der Waals surface area contributed by atoms with Crippen LogP contribution in [0.4, 0.5) is 11.5 Å². The van der Waals surface area contributed by atoms with Crippen molar-refractivity contribution >= 4 is 45.1 Å². The fraction of sp³-hybridized carbons (Fsp3) is 0.143. The molecule has 0 atom stereocenters. The fourth-order valence-electron chi connectivity index (χ4n) is 1.55. The van der Waals surface area contributed by atoms with Crippen LogP contribution >= 0.6 is 27.7 Å². The number of benzene rings is 1. The van der Waals surface area contributed by atoms with Crippen LogP contribution in [0.5, 0.6) is 0 Å². The molecule has 1 aromatic carbocycles. The highest BCUT2D eigenvalue weighted by atomic mass is 79.9. The van der Waals surface area contributed by atoms with Gasteiger partial charge in [0.05, 0.1) is 5.75 Å². The van der Waals surface area contributed by atoms with Gasteiger partial charge in [-0.25, -0.2) is 4.98 Å². The summed E-state index contributed by atoms with van der Waals surface area (Å²) in [4.78, 5) is 16.9. The SMILES string of the molecule is Cc1cccc(SCC(=O)Nc2ccc(Br)cn2)c1N. The number of para-hydroxylation sites is 1. The van der Waals surface area contributed by atoms with Crippen molar-refractivity contribution in [3.8, 4) is 0 Å². The Morgan fingerprint density at radius 3 is 2.90 bits per heavy atom. The number of nitrogens with zero attached hydrogens (tertiary/aromatic N) is 1. The maximum absolute atomic E-state index is 11.8. The van der Waals surface area contributed by atoms with E-state index in [1.807, 2.05) is 31.2 Å². The molecule has 0 saturated heterocycles. The lowest BCUT2D eigenvalue weighted by molar-refractivity contribution is -0.113. The number of carbonyl (C=O) groups is 1. The van der Waals surface area contributed by atoms with Gasteiger partial charge in [0, 0.05) is 21.3 Å². The van der Waals surface area contributed by atoms with Crippen LogP contribution < -0.4 is 11.1 Å². The minimum absolute atomic E-state index is 0.106. The van der Waals surface area contributed by atoms with E-state index in [0.717, 1.165) is 20.6 Å². The van der Waals surface area contributed by atoms with Crippen LogP contribution in [0.15, 0.2) is 45.9 Å². The Morgan fingerprint density at radius 2 is 2.20 bits per heavy atom. The molecule has 6 heteroatoms. The number of carbonyl (C=O) groups excluding carboxylic acids is 1. The number of hydrogen-bond donors (Lipinski definition) is 2. The summed E-state index contributed by atoms with van der Waals surface area (Å²) < 4.78 is 0.873. The van der Waals surface area contributed by atoms with Gasteiger partial charge in [-0.1, -0.05) is 12.1 Å². The molecule has 0 spiro atoms. The summed E-state index contributed by atoms with van der Waals surface area (Å²) in [7, 11) is 0. The van der Waals surface area contributed by atoms with Crippen molar-refractivity contribution in [3.63, 3.8) is 0 Å². The van der Waals surface area contributed by atoms with Gasteiger partial charge in [0.2, 0.25) is 5.91 Å². The lowest BCUT2D eigenvalue weighted by Gasteiger charge is -2.08. The standard InChI is InChI=1S/C14H14BrN3OS/c1-9-3-2-4-11(14(9)16)20-8-13(19)18-12-6-5-10(15)7-17-12/h2-7H,8,16H2,1H3,(H,17,18,19). The van der Waals surface area contributed by atoms with E-state index in [4.69, 9.17) is 5.73 Å². The zero-order valence-electron chi connectivity index (χ0n) is 10.9. The third-order valence-corrected chi connectivity index (χ3v) is 4.18. The highest BCUT2D eigenvalue weighted by Crippen LogP contribution is 2.27. The molecule has 0 aliphatic heterocycles. The van der Waals surface area contributed by atoms with Crippen molar-refractivity contribution in [3.05, 3.63) is 46.6 Å². The van der Waals surface area contributed by atoms with Crippen LogP contribution in [0.3, 0.4) is 0 Å². The quantitative estimate of drug-likeness (QED) is 0.653. The number of nitrogen functional groups attached to an aromatic ring is 1. The molecule has 0 unspecified atom stereocenters. The number of hydrogen-bond acceptors (Lipinski definition) is 4. The monoisotopic (exact) mass is 351 g/mol. The summed E-state index contributed by atoms with van der Waals surface area (Å²) in [6.07, 6.45) is 1.64. The molecule has 2 rings (SSSR count). The van der Waals surface area contributed by atoms with Crippen LogP contribution in [0.25, 0.3) is 0 Å². The number of rotatable bonds is 4. The van der Waals surface area contributed by atoms with E-state index in [2.05, 4.69) is 26.2 Å². The molecule has 2 aromatic rings. The van der Waals surface area contributed by atoms with Crippen molar-refractivity contribution in [1.82, 2.24) is 4.98 Å². The molecule has 1 amide bonds. The second kappa shape index (κ2) is 6.76. The number of nitrogens with two attached hydrogens (primary N) is 1. The molecule has 0 aliphatic carbocycles. The van der Waals surface area contributed by atoms with Crippen molar-refractivity contribution < 1.29 is 4.79 Å². The van der Waals surface area contributed by atoms with Crippen molar-refractivity contribution in [2.24, 2.45) is 0 Å². The molecule has 0 radical (unpaired) electrons. The minimum atomic E-state index is -0.106. The van der Waals surface area contributed by atoms with E-state index < -0.39 is 0 Å². The Labute approximate surface area is 130 Å². The number of aryl methyl sites for hydroxylation is 1. The van der Waals surface area contributed by atoms with Gasteiger partial charge in [0.25, 0.3) is 0 Å². The van der Waals surface area contributed by atoms with Crippen LogP contribution in [0.2, 0.25) is 0 Å². The zero-order chi connectivity index (χ0) is 14.5. The molecular weight excluding hydrogens is 338 g/mol. The molecule has 4 nitrogen and oxygen atoms in total. The smallest absolute Gasteiger partial charge is 0.235 e. The van der Waals surface area contributed by atoms with E-state index in [0.29, 0.717) is 11.6 Å². The van der Waals surface area contributed by atoms with Crippen LogP contribution in [0.1, 0.15) is 5.56 Å². The normalized spacial score (nSPS) is 10.3. The highest BCUT2D eigenvalue weighted by molar-refractivity contribution is 9.10. The Morgan fingerprint density at radius 1 is 1.40 bits per heavy atom. The largest absolute Gasteiger partial charge is 0.398 e. The minimum Gasteiger partial charge on any atom is -0.398 e. The predicted octanol–water partition coefficient (Wildman–Crippen LogP) is 3.47. The van der Waals surface area contributed by atoms with Gasteiger partial charge < -0.3 is 11.1 Å². The molecule has 104 valence electrons. The molecule has 0 fully saturated rings. The average molecular weight is 352 g/mol. The Bertz CT molecular complexity index is 616. The first-order valence-electron chi connectivity index (χ1n) is 5.95. The first-order valence-corrected chi connectivity index (χ1v) is 7.73. The first kappa shape index (κ1) is 14.9. The molecule has 3 N–H and O–H groups in total. The van der Waals surface area contributed by atoms with Gasteiger partial charge in [0.15, 0.2) is 0 Å². The maximum Gasteiger partial charge on any atom is 0.235 e. The molecule has 1 aromatic heterocycles. The molecule has 0 saturated carbocycles. The average Bonchev–Trinajstić information content (AvgIpc) is 2.43. The first-order chi connectivity index (χ1) is 9.56. The zero-order valence-corrected chi connectivity index (χ0v) is 13.3. The summed E-state index contributed by atoms with van der Waals surface area (Å²) in [5.41, 5.74) is 7.72. The van der Waals surface area contributed by atoms with Gasteiger partial charge in [-0.15, -0.1) is 11.8 Å². The van der Waals surface area contributed by atoms with Gasteiger partial charge in [-0.05, 0) is 46.6 Å². The van der Waals surface area contributed by atoms with Crippen molar-refractivity contribution in [2.45, 2.75) is 11.8 Å². The van der Waals surface area contributed by atoms with Crippen molar-refractivity contribution in [1.29, 1.82) is 0 Å². The lowest BCUT2D eigenvalue weighted by atomic mass is 10.2. The lowest BCUT2D eigenvalue weighted by Crippen LogP contribution is -2.15. The Hall–Kier alpha value is -1.53.